The molecule has 0 saturated heterocycles. The number of benzene rings is 5. The number of para-hydroxylation sites is 1. The van der Waals surface area contributed by atoms with Crippen LogP contribution in [-0.2, 0) is 84.7 Å². The lowest BCUT2D eigenvalue weighted by atomic mass is 9.49. The van der Waals surface area contributed by atoms with Gasteiger partial charge in [0.05, 0.1) is 36.3 Å². The van der Waals surface area contributed by atoms with Crippen LogP contribution in [-0.4, -0.2) is 115 Å². The van der Waals surface area contributed by atoms with E-state index in [-0.39, 0.29) is 118 Å². The Labute approximate surface area is 626 Å². The molecular formula is C83H105N11O13. The molecule has 13 N–H and O–H groups in total. The lowest BCUT2D eigenvalue weighted by Crippen LogP contribution is -2.60. The van der Waals surface area contributed by atoms with Gasteiger partial charge in [0.1, 0.15) is 30.5 Å². The Morgan fingerprint density at radius 1 is 0.598 bits per heavy atom. The molecule has 2 saturated carbocycles. The Kier molecular flexibility index (Phi) is 26.4. The van der Waals surface area contributed by atoms with Gasteiger partial charge in [-0.1, -0.05) is 121 Å². The molecule has 1 heterocycles. The number of primary amides is 1. The fourth-order valence-electron chi connectivity index (χ4n) is 17.2. The van der Waals surface area contributed by atoms with Gasteiger partial charge in [0.15, 0.2) is 0 Å². The number of aryl methyl sites for hydroxylation is 2. The first kappa shape index (κ1) is 79.4. The molecule has 5 aromatic carbocycles. The number of phenols is 1. The number of hydrogen-bond donors (Lipinski definition) is 11. The monoisotopic (exact) mass is 1460 g/mol. The van der Waals surface area contributed by atoms with Gasteiger partial charge in [-0.25, -0.2) is 9.59 Å². The third-order valence-electron chi connectivity index (χ3n) is 23.0. The number of nitrogens with zero attached hydrogens (tertiary/aromatic N) is 1. The molecule has 0 spiro atoms. The van der Waals surface area contributed by atoms with E-state index in [1.165, 1.54) is 5.56 Å². The van der Waals surface area contributed by atoms with Crippen LogP contribution in [0.15, 0.2) is 109 Å². The molecule has 0 unspecified atom stereocenters. The Morgan fingerprint density at radius 3 is 1.86 bits per heavy atom. The summed E-state index contributed by atoms with van der Waals surface area (Å²) in [5.41, 5.74) is 17.8. The molecule has 107 heavy (non-hydrogen) atoms. The summed E-state index contributed by atoms with van der Waals surface area (Å²) in [6.07, 6.45) is 8.38. The Morgan fingerprint density at radius 2 is 1.20 bits per heavy atom. The van der Waals surface area contributed by atoms with Crippen LogP contribution >= 0.6 is 0 Å². The number of aromatic hydroxyl groups is 1. The number of fused-ring (bicyclic) bond motifs is 8. The molecule has 9 atom stereocenters. The number of ether oxygens (including phenoxy) is 2. The highest BCUT2D eigenvalue weighted by Gasteiger charge is 2.59. The van der Waals surface area contributed by atoms with Gasteiger partial charge in [0, 0.05) is 54.9 Å². The Bertz CT molecular complexity index is 4190. The van der Waals surface area contributed by atoms with Crippen molar-refractivity contribution < 1.29 is 62.5 Å². The van der Waals surface area contributed by atoms with Crippen LogP contribution in [0.4, 0.5) is 26.7 Å². The van der Waals surface area contributed by atoms with Gasteiger partial charge in [-0.2, -0.15) is 0 Å². The maximum absolute atomic E-state index is 14.9. The fourth-order valence-corrected chi connectivity index (χ4v) is 17.2. The van der Waals surface area contributed by atoms with E-state index in [1.54, 1.807) is 49.1 Å². The Hall–Kier alpha value is -10.1. The largest absolute Gasteiger partial charge is 0.508 e. The number of amides is 11. The molecule has 570 valence electrons. The summed E-state index contributed by atoms with van der Waals surface area (Å²) >= 11 is 0. The number of hydrogen-bond acceptors (Lipinski definition) is 14. The number of carbonyl (C=O) groups is 10. The summed E-state index contributed by atoms with van der Waals surface area (Å²) in [6, 6.07) is 29.1. The first-order chi connectivity index (χ1) is 51.2. The van der Waals surface area contributed by atoms with Crippen LogP contribution in [0.25, 0.3) is 0 Å². The third-order valence-corrected chi connectivity index (χ3v) is 23.0. The van der Waals surface area contributed by atoms with Gasteiger partial charge in [-0.05, 0) is 207 Å². The predicted octanol–water partition coefficient (Wildman–Crippen LogP) is 9.38. The lowest BCUT2D eigenvalue weighted by molar-refractivity contribution is -0.150. The number of rotatable bonds is 30. The Balaban J connectivity index is 0.678. The van der Waals surface area contributed by atoms with Gasteiger partial charge < -0.3 is 68.2 Å². The molecular weight excluding hydrogens is 1360 g/mol. The third kappa shape index (κ3) is 19.2. The maximum Gasteiger partial charge on any atom is 0.408 e. The van der Waals surface area contributed by atoms with E-state index in [0.717, 1.165) is 72.8 Å². The van der Waals surface area contributed by atoms with Crippen LogP contribution in [0, 0.1) is 40.4 Å². The van der Waals surface area contributed by atoms with Crippen molar-refractivity contribution in [3.05, 3.63) is 154 Å². The maximum atomic E-state index is 14.9. The molecule has 1 aliphatic heterocycles. The highest BCUT2D eigenvalue weighted by Crippen LogP contribution is 2.60. The van der Waals surface area contributed by atoms with Crippen molar-refractivity contribution in [1.29, 1.82) is 0 Å². The molecule has 0 bridgehead atoms. The van der Waals surface area contributed by atoms with E-state index < -0.39 is 76.0 Å². The van der Waals surface area contributed by atoms with Crippen molar-refractivity contribution in [3.8, 4) is 17.6 Å². The standard InChI is InChI=1S/C83H105N11O13/c1-52(2)72(92-70(97)38-46-106-47-45-86-69(96)36-37-71(98)94-50-58-18-8-7-16-54(58)24-25-57-17-9-10-21-66(57)94)75(101)90-64(20-13-44-87-78(85)104)73(99)88-59-30-22-53(23-31-59)51-107-79(105)91-65(19-11-12-43-84)74(100)89-60-32-26-55-28-34-67-80(3,62(55)48-60)39-14-41-82(67,5)76(102)93-77(103)83(6)42-15-40-81(4)63-49-61(95)33-27-56(63)29-35-68(81)83/h7-10,16-18,21-23,26-27,30-33,48-49,52,64-65,67-68,72,95H,11-15,19-20,28-29,34-47,50-51,84H2,1-6H3,(H,86,96)(H,88,99)(H,89,100)(H,90,101)(H,91,105)(H,92,97)(H3,85,87,104)(H,93,102,103)/t64-,65-,67+,68+,72-,80+,81+,82-,83-/m0/s1. The van der Waals surface area contributed by atoms with Crippen LogP contribution in [0.5, 0.6) is 5.75 Å². The number of unbranched alkanes of at least 4 members (excludes halogenated alkanes) is 1. The van der Waals surface area contributed by atoms with Gasteiger partial charge in [-0.15, -0.1) is 0 Å². The van der Waals surface area contributed by atoms with Crippen molar-refractivity contribution in [2.45, 2.75) is 199 Å². The van der Waals surface area contributed by atoms with Crippen LogP contribution in [0.2, 0.25) is 0 Å². The average Bonchev–Trinajstić information content (AvgIpc) is 0.726. The number of nitrogens with one attached hydrogen (secondary N) is 8. The van der Waals surface area contributed by atoms with Crippen molar-refractivity contribution in [2.24, 2.45) is 40.1 Å². The van der Waals surface area contributed by atoms with Gasteiger partial charge in [0.25, 0.3) is 0 Å². The summed E-state index contributed by atoms with van der Waals surface area (Å²) in [4.78, 5) is 138. The summed E-state index contributed by atoms with van der Waals surface area (Å²) in [6.45, 7) is 12.7. The number of phenolic OH excluding ortho intramolecular Hbond substituents is 1. The molecule has 0 aromatic heterocycles. The lowest BCUT2D eigenvalue weighted by Gasteiger charge is -2.56. The van der Waals surface area contributed by atoms with E-state index in [1.807, 2.05) is 92.7 Å². The zero-order chi connectivity index (χ0) is 76.6. The molecule has 2 fully saturated rings. The van der Waals surface area contributed by atoms with Crippen molar-refractivity contribution in [3.63, 3.8) is 0 Å². The summed E-state index contributed by atoms with van der Waals surface area (Å²) in [7, 11) is 0. The number of nitrogens with two attached hydrogens (primary N) is 2. The van der Waals surface area contributed by atoms with Crippen LogP contribution < -0.4 is 58.9 Å². The van der Waals surface area contributed by atoms with Crippen molar-refractivity contribution in [2.75, 3.05) is 48.4 Å². The van der Waals surface area contributed by atoms with E-state index >= 15 is 0 Å². The predicted molar refractivity (Wildman–Crippen MR) is 407 cm³/mol. The summed E-state index contributed by atoms with van der Waals surface area (Å²) < 4.78 is 11.3. The minimum Gasteiger partial charge on any atom is -0.508 e. The SMILES string of the molecule is CC(C)[C@H](NC(=O)CCOCCNC(=O)CCC(=O)N1Cc2ccccc2C#Cc2ccccc21)C(=O)N[C@@H](CCCNC(N)=O)C(=O)Nc1ccc(COC(=O)N[C@@H](CCCCN)C(=O)Nc2ccc3c(c2)[C@@]2(C)CCC[C@](C)(C(=O)NC(=O)[C@@]4(C)CCC[C@]5(C)c6cc(O)ccc6CC[C@@H]45)[C@@H]2CC3)cc1. The summed E-state index contributed by atoms with van der Waals surface area (Å²) in [5.74, 6) is 2.87. The first-order valence-corrected chi connectivity index (χ1v) is 37.9. The molecule has 5 aliphatic rings. The van der Waals surface area contributed by atoms with E-state index in [4.69, 9.17) is 20.9 Å². The molecule has 24 nitrogen and oxygen atoms in total. The normalized spacial score (nSPS) is 21.7. The molecule has 5 aromatic rings. The second kappa shape index (κ2) is 35.5. The van der Waals surface area contributed by atoms with Gasteiger partial charge in [-0.3, -0.25) is 43.7 Å². The molecule has 0 radical (unpaired) electrons. The second-order valence-corrected chi connectivity index (χ2v) is 30.7. The fraction of sp³-hybridized carbons (Fsp3) is 0.494. The minimum atomic E-state index is -1.13. The molecule has 24 heteroatoms. The quantitative estimate of drug-likeness (QED) is 0.0116. The zero-order valence-corrected chi connectivity index (χ0v) is 62.5. The van der Waals surface area contributed by atoms with E-state index in [9.17, 15) is 53.1 Å². The number of urea groups is 1. The zero-order valence-electron chi connectivity index (χ0n) is 62.5. The van der Waals surface area contributed by atoms with Crippen molar-refractivity contribution in [1.82, 2.24) is 31.9 Å². The molecule has 10 rings (SSSR count). The highest BCUT2D eigenvalue weighted by atomic mass is 16.5. The van der Waals surface area contributed by atoms with Crippen LogP contribution in [0.3, 0.4) is 0 Å². The number of carbonyl (C=O) groups excluding carboxylic acids is 10. The number of alkyl carbamates (subject to hydrolysis) is 1. The first-order valence-electron chi connectivity index (χ1n) is 37.9. The minimum absolute atomic E-state index is 0.0103. The second-order valence-electron chi connectivity index (χ2n) is 30.7. The number of anilines is 3. The van der Waals surface area contributed by atoms with E-state index in [0.29, 0.717) is 73.4 Å². The summed E-state index contributed by atoms with van der Waals surface area (Å²) in [5, 5.41) is 33.0. The van der Waals surface area contributed by atoms with Gasteiger partial charge >= 0.3 is 12.1 Å². The average molecular weight is 1460 g/mol. The van der Waals surface area contributed by atoms with Crippen molar-refractivity contribution >= 4 is 76.4 Å². The van der Waals surface area contributed by atoms with E-state index in [2.05, 4.69) is 68.2 Å². The molecule has 4 aliphatic carbocycles. The van der Waals surface area contributed by atoms with Crippen LogP contribution in [0.1, 0.15) is 189 Å². The topological polar surface area (TPSA) is 361 Å². The smallest absolute Gasteiger partial charge is 0.408 e. The molecule has 11 amide bonds. The number of imide groups is 1. The van der Waals surface area contributed by atoms with Gasteiger partial charge in [0.2, 0.25) is 47.3 Å². The highest BCUT2D eigenvalue weighted by molar-refractivity contribution is 6.02.